The molecule has 2 saturated heterocycles. The van der Waals surface area contributed by atoms with Gasteiger partial charge in [0.15, 0.2) is 5.16 Å². The number of aromatic nitrogens is 2. The lowest BCUT2D eigenvalue weighted by atomic mass is 9.88. The zero-order valence-electron chi connectivity index (χ0n) is 15.4. The third kappa shape index (κ3) is 4.39. The fourth-order valence-electron chi connectivity index (χ4n) is 3.47. The number of nitrogens with one attached hydrogen (secondary N) is 2. The Morgan fingerprint density at radius 2 is 2.08 bits per heavy atom. The average molecular weight is 382 g/mol. The summed E-state index contributed by atoms with van der Waals surface area (Å²) in [7, 11) is 1.94. The van der Waals surface area contributed by atoms with Gasteiger partial charge in [-0.15, -0.1) is 0 Å². The summed E-state index contributed by atoms with van der Waals surface area (Å²) in [5.41, 5.74) is 0.965. The first kappa shape index (κ1) is 19.2. The van der Waals surface area contributed by atoms with Gasteiger partial charge in [-0.2, -0.15) is 0 Å². The van der Waals surface area contributed by atoms with Crippen LogP contribution in [0.4, 0.5) is 0 Å². The smallest absolute Gasteiger partial charge is 0.227 e. The molecule has 0 unspecified atom stereocenters. The molecule has 2 aliphatic rings. The van der Waals surface area contributed by atoms with E-state index in [2.05, 4.69) is 15.6 Å². The maximum absolute atomic E-state index is 12.7. The maximum Gasteiger partial charge on any atom is 0.227 e. The minimum absolute atomic E-state index is 0.0103. The molecule has 0 spiro atoms. The average Bonchev–Trinajstić information content (AvgIpc) is 3.06. The predicted molar refractivity (Wildman–Crippen MR) is 98.7 cm³/mol. The highest BCUT2D eigenvalue weighted by Gasteiger charge is 2.33. The standard InChI is InChI=1S/C17H27N5O3S/c1-21-14(11-20-17(21)26-2)10-19-15(23)12-7-13(9-18-8-12)16(24)22-3-5-25-6-4-22/h11-13,18H,3-10H2,1-2H3,(H,19,23)/t12-,13+/m0/s1. The van der Waals surface area contributed by atoms with Crippen molar-refractivity contribution in [2.75, 3.05) is 45.6 Å². The molecular formula is C17H27N5O3S. The Bertz CT molecular complexity index is 644. The molecular weight excluding hydrogens is 354 g/mol. The van der Waals surface area contributed by atoms with Gasteiger partial charge in [-0.25, -0.2) is 4.98 Å². The lowest BCUT2D eigenvalue weighted by molar-refractivity contribution is -0.141. The van der Waals surface area contributed by atoms with Gasteiger partial charge >= 0.3 is 0 Å². The van der Waals surface area contributed by atoms with Gasteiger partial charge in [0.1, 0.15) is 0 Å². The molecule has 0 saturated carbocycles. The molecule has 0 aliphatic carbocycles. The zero-order chi connectivity index (χ0) is 18.5. The number of rotatable bonds is 5. The van der Waals surface area contributed by atoms with Crippen molar-refractivity contribution in [1.29, 1.82) is 0 Å². The van der Waals surface area contributed by atoms with E-state index in [0.29, 0.717) is 52.4 Å². The Balaban J connectivity index is 1.52. The highest BCUT2D eigenvalue weighted by molar-refractivity contribution is 7.98. The van der Waals surface area contributed by atoms with Crippen LogP contribution in [0, 0.1) is 11.8 Å². The van der Waals surface area contributed by atoms with E-state index in [4.69, 9.17) is 4.74 Å². The number of thioether (sulfide) groups is 1. The highest BCUT2D eigenvalue weighted by Crippen LogP contribution is 2.20. The third-order valence-electron chi connectivity index (χ3n) is 5.06. The van der Waals surface area contributed by atoms with Crippen LogP contribution in [0.2, 0.25) is 0 Å². The number of hydrogen-bond acceptors (Lipinski definition) is 6. The van der Waals surface area contributed by atoms with Crippen LogP contribution in [-0.4, -0.2) is 71.9 Å². The van der Waals surface area contributed by atoms with Gasteiger partial charge in [0.2, 0.25) is 11.8 Å². The van der Waals surface area contributed by atoms with Gasteiger partial charge in [-0.1, -0.05) is 11.8 Å². The molecule has 26 heavy (non-hydrogen) atoms. The van der Waals surface area contributed by atoms with Crippen molar-refractivity contribution in [2.24, 2.45) is 18.9 Å². The molecule has 2 aliphatic heterocycles. The molecule has 3 rings (SSSR count). The molecule has 0 aromatic carbocycles. The molecule has 9 heteroatoms. The quantitative estimate of drug-likeness (QED) is 0.690. The first-order valence-corrected chi connectivity index (χ1v) is 10.2. The van der Waals surface area contributed by atoms with Crippen LogP contribution in [0.5, 0.6) is 0 Å². The van der Waals surface area contributed by atoms with Crippen molar-refractivity contribution in [3.05, 3.63) is 11.9 Å². The van der Waals surface area contributed by atoms with Crippen LogP contribution in [0.3, 0.4) is 0 Å². The molecule has 0 bridgehead atoms. The van der Waals surface area contributed by atoms with Crippen molar-refractivity contribution >= 4 is 23.6 Å². The summed E-state index contributed by atoms with van der Waals surface area (Å²) >= 11 is 1.57. The summed E-state index contributed by atoms with van der Waals surface area (Å²) < 4.78 is 7.29. The van der Waals surface area contributed by atoms with Gasteiger partial charge in [0.25, 0.3) is 0 Å². The van der Waals surface area contributed by atoms with Crippen LogP contribution in [0.1, 0.15) is 12.1 Å². The largest absolute Gasteiger partial charge is 0.378 e. The van der Waals surface area contributed by atoms with E-state index in [1.807, 2.05) is 22.8 Å². The third-order valence-corrected chi connectivity index (χ3v) is 5.81. The minimum Gasteiger partial charge on any atom is -0.378 e. The van der Waals surface area contributed by atoms with Gasteiger partial charge in [0, 0.05) is 33.2 Å². The summed E-state index contributed by atoms with van der Waals surface area (Å²) in [5, 5.41) is 7.16. The van der Waals surface area contributed by atoms with Crippen molar-refractivity contribution < 1.29 is 14.3 Å². The predicted octanol–water partition coefficient (Wildman–Crippen LogP) is -0.157. The number of hydrogen-bond donors (Lipinski definition) is 2. The van der Waals surface area contributed by atoms with Gasteiger partial charge in [-0.3, -0.25) is 9.59 Å². The number of imidazole rings is 1. The molecule has 2 fully saturated rings. The molecule has 144 valence electrons. The molecule has 8 nitrogen and oxygen atoms in total. The fourth-order valence-corrected chi connectivity index (χ4v) is 4.02. The molecule has 1 aromatic heterocycles. The molecule has 0 radical (unpaired) electrons. The fraction of sp³-hybridized carbons (Fsp3) is 0.706. The minimum atomic E-state index is -0.188. The summed E-state index contributed by atoms with van der Waals surface area (Å²) in [5.74, 6) is -0.206. The Kier molecular flexibility index (Phi) is 6.55. The van der Waals surface area contributed by atoms with Crippen LogP contribution < -0.4 is 10.6 Å². The second-order valence-corrected chi connectivity index (χ2v) is 7.51. The number of nitrogens with zero attached hydrogens (tertiary/aromatic N) is 3. The number of piperidine rings is 1. The second-order valence-electron chi connectivity index (χ2n) is 6.74. The van der Waals surface area contributed by atoms with Gasteiger partial charge in [0.05, 0.1) is 43.5 Å². The topological polar surface area (TPSA) is 88.5 Å². The molecule has 2 amide bonds. The Morgan fingerprint density at radius 3 is 2.77 bits per heavy atom. The Morgan fingerprint density at radius 1 is 1.35 bits per heavy atom. The molecule has 2 atom stereocenters. The number of carbonyl (C=O) groups excluding carboxylic acids is 2. The zero-order valence-corrected chi connectivity index (χ0v) is 16.2. The Labute approximate surface area is 158 Å². The normalized spacial score (nSPS) is 23.7. The maximum atomic E-state index is 12.7. The summed E-state index contributed by atoms with van der Waals surface area (Å²) in [6, 6.07) is 0. The second kappa shape index (κ2) is 8.88. The highest BCUT2D eigenvalue weighted by atomic mass is 32.2. The number of ether oxygens (including phenoxy) is 1. The number of carbonyl (C=O) groups is 2. The summed E-state index contributed by atoms with van der Waals surface area (Å²) in [6.45, 7) is 4.17. The van der Waals surface area contributed by atoms with E-state index in [-0.39, 0.29) is 23.7 Å². The summed E-state index contributed by atoms with van der Waals surface area (Å²) in [6.07, 6.45) is 4.36. The van der Waals surface area contributed by atoms with E-state index in [1.165, 1.54) is 0 Å². The Hall–Kier alpha value is -1.58. The van der Waals surface area contributed by atoms with E-state index in [9.17, 15) is 9.59 Å². The SMILES string of the molecule is CSc1ncc(CNC(=O)[C@@H]2CNC[C@H](C(=O)N3CCOCC3)C2)n1C. The molecule has 2 N–H and O–H groups in total. The first-order chi connectivity index (χ1) is 12.6. The van der Waals surface area contributed by atoms with Gasteiger partial charge in [-0.05, 0) is 12.7 Å². The lowest BCUT2D eigenvalue weighted by Gasteiger charge is -2.34. The van der Waals surface area contributed by atoms with Crippen LogP contribution >= 0.6 is 11.8 Å². The van der Waals surface area contributed by atoms with Gasteiger partial charge < -0.3 is 24.8 Å². The lowest BCUT2D eigenvalue weighted by Crippen LogP contribution is -2.51. The molecule has 3 heterocycles. The number of amides is 2. The van der Waals surface area contributed by atoms with E-state index in [0.717, 1.165) is 10.9 Å². The van der Waals surface area contributed by atoms with E-state index in [1.54, 1.807) is 18.0 Å². The monoisotopic (exact) mass is 381 g/mol. The van der Waals surface area contributed by atoms with Crippen molar-refractivity contribution in [3.63, 3.8) is 0 Å². The first-order valence-electron chi connectivity index (χ1n) is 8.99. The van der Waals surface area contributed by atoms with Crippen molar-refractivity contribution in [1.82, 2.24) is 25.1 Å². The van der Waals surface area contributed by atoms with E-state index >= 15 is 0 Å². The summed E-state index contributed by atoms with van der Waals surface area (Å²) in [4.78, 5) is 31.4. The van der Waals surface area contributed by atoms with Crippen molar-refractivity contribution in [2.45, 2.75) is 18.1 Å². The molecule has 1 aromatic rings. The van der Waals surface area contributed by atoms with E-state index < -0.39 is 0 Å². The number of morpholine rings is 1. The van der Waals surface area contributed by atoms with Crippen LogP contribution in [-0.2, 0) is 27.9 Å². The van der Waals surface area contributed by atoms with Crippen LogP contribution in [0.25, 0.3) is 0 Å². The van der Waals surface area contributed by atoms with Crippen molar-refractivity contribution in [3.8, 4) is 0 Å². The van der Waals surface area contributed by atoms with Crippen LogP contribution in [0.15, 0.2) is 11.4 Å².